The number of oxazole rings is 1. The van der Waals surface area contributed by atoms with E-state index in [2.05, 4.69) is 15.0 Å². The van der Waals surface area contributed by atoms with Crippen LogP contribution in [0.15, 0.2) is 64.4 Å². The van der Waals surface area contributed by atoms with E-state index in [9.17, 15) is 26.4 Å². The number of hydrogen-bond acceptors (Lipinski definition) is 5. The summed E-state index contributed by atoms with van der Waals surface area (Å²) in [5.41, 5.74) is -0.551. The molecule has 0 aliphatic rings. The number of alkyl halides is 3. The van der Waals surface area contributed by atoms with Gasteiger partial charge in [-0.3, -0.25) is 9.52 Å². The number of sulfonamides is 1. The SMILES string of the molecule is Cc1cc(NC(=O)c2cocn2)ccc1S(=O)(=O)Nc1cccc(C(F)(F)F)c1. The summed E-state index contributed by atoms with van der Waals surface area (Å²) >= 11 is 0. The van der Waals surface area contributed by atoms with Gasteiger partial charge in [-0.2, -0.15) is 13.2 Å². The second-order valence-electron chi connectivity index (χ2n) is 5.99. The number of rotatable bonds is 5. The largest absolute Gasteiger partial charge is 0.451 e. The van der Waals surface area contributed by atoms with Crippen LogP contribution in [0, 0.1) is 6.92 Å². The molecule has 0 spiro atoms. The number of benzene rings is 2. The molecule has 11 heteroatoms. The Morgan fingerprint density at radius 1 is 1.10 bits per heavy atom. The van der Waals surface area contributed by atoms with Gasteiger partial charge in [0.15, 0.2) is 12.1 Å². The van der Waals surface area contributed by atoms with E-state index in [-0.39, 0.29) is 21.8 Å². The summed E-state index contributed by atoms with van der Waals surface area (Å²) < 4.78 is 70.5. The maximum atomic E-state index is 12.8. The average molecular weight is 425 g/mol. The van der Waals surface area contributed by atoms with Crippen LogP contribution in [-0.4, -0.2) is 19.3 Å². The molecule has 1 aromatic heterocycles. The predicted molar refractivity (Wildman–Crippen MR) is 97.9 cm³/mol. The van der Waals surface area contributed by atoms with E-state index in [1.807, 2.05) is 0 Å². The van der Waals surface area contributed by atoms with Gasteiger partial charge in [0.05, 0.1) is 10.5 Å². The Morgan fingerprint density at radius 3 is 2.48 bits per heavy atom. The highest BCUT2D eigenvalue weighted by atomic mass is 32.2. The Hall–Kier alpha value is -3.34. The minimum Gasteiger partial charge on any atom is -0.451 e. The molecule has 0 saturated carbocycles. The molecule has 0 radical (unpaired) electrons. The maximum Gasteiger partial charge on any atom is 0.416 e. The van der Waals surface area contributed by atoms with Crippen molar-refractivity contribution in [1.82, 2.24) is 4.98 Å². The predicted octanol–water partition coefficient (Wildman–Crippen LogP) is 4.05. The number of nitrogens with zero attached hydrogens (tertiary/aromatic N) is 1. The van der Waals surface area contributed by atoms with Crippen LogP contribution in [-0.2, 0) is 16.2 Å². The first-order valence-corrected chi connectivity index (χ1v) is 9.55. The van der Waals surface area contributed by atoms with Crippen LogP contribution in [0.1, 0.15) is 21.6 Å². The van der Waals surface area contributed by atoms with Crippen molar-refractivity contribution in [3.05, 3.63) is 71.9 Å². The van der Waals surface area contributed by atoms with Crippen molar-refractivity contribution in [2.75, 3.05) is 10.0 Å². The highest BCUT2D eigenvalue weighted by Crippen LogP contribution is 2.31. The van der Waals surface area contributed by atoms with Crippen LogP contribution < -0.4 is 10.0 Å². The lowest BCUT2D eigenvalue weighted by molar-refractivity contribution is -0.137. The lowest BCUT2D eigenvalue weighted by Gasteiger charge is -2.13. The Bertz CT molecular complexity index is 1140. The van der Waals surface area contributed by atoms with E-state index in [0.29, 0.717) is 11.8 Å². The van der Waals surface area contributed by atoms with Crippen LogP contribution in [0.2, 0.25) is 0 Å². The van der Waals surface area contributed by atoms with E-state index in [1.165, 1.54) is 31.2 Å². The lowest BCUT2D eigenvalue weighted by Crippen LogP contribution is -2.16. The third-order valence-corrected chi connectivity index (χ3v) is 5.37. The third-order valence-electron chi connectivity index (χ3n) is 3.83. The maximum absolute atomic E-state index is 12.8. The monoisotopic (exact) mass is 425 g/mol. The summed E-state index contributed by atoms with van der Waals surface area (Å²) in [5, 5.41) is 2.54. The molecule has 0 saturated heterocycles. The minimum atomic E-state index is -4.60. The van der Waals surface area contributed by atoms with Crippen LogP contribution in [0.4, 0.5) is 24.5 Å². The molecule has 0 unspecified atom stereocenters. The number of anilines is 2. The zero-order valence-electron chi connectivity index (χ0n) is 14.8. The highest BCUT2D eigenvalue weighted by Gasteiger charge is 2.30. The van der Waals surface area contributed by atoms with Crippen molar-refractivity contribution in [3.8, 4) is 0 Å². The Balaban J connectivity index is 1.81. The molecule has 2 aromatic carbocycles. The molecular weight excluding hydrogens is 411 g/mol. The summed E-state index contributed by atoms with van der Waals surface area (Å²) in [6, 6.07) is 7.88. The fraction of sp³-hybridized carbons (Fsp3) is 0.111. The smallest absolute Gasteiger partial charge is 0.416 e. The van der Waals surface area contributed by atoms with Gasteiger partial charge in [-0.05, 0) is 48.9 Å². The summed E-state index contributed by atoms with van der Waals surface area (Å²) in [4.78, 5) is 15.5. The standard InChI is InChI=1S/C18H14F3N3O4S/c1-11-7-13(23-17(25)15-9-28-10-22-15)5-6-16(11)29(26,27)24-14-4-2-3-12(8-14)18(19,20)21/h2-10,24H,1H3,(H,23,25). The number of hydrogen-bond donors (Lipinski definition) is 2. The van der Waals surface area contributed by atoms with E-state index in [1.54, 1.807) is 0 Å². The van der Waals surface area contributed by atoms with Crippen molar-refractivity contribution in [1.29, 1.82) is 0 Å². The molecule has 0 bridgehead atoms. The average Bonchev–Trinajstić information content (AvgIpc) is 3.15. The second-order valence-corrected chi connectivity index (χ2v) is 7.64. The lowest BCUT2D eigenvalue weighted by atomic mass is 10.2. The van der Waals surface area contributed by atoms with Gasteiger partial charge in [0.2, 0.25) is 0 Å². The molecule has 1 amide bonds. The topological polar surface area (TPSA) is 101 Å². The van der Waals surface area contributed by atoms with E-state index >= 15 is 0 Å². The van der Waals surface area contributed by atoms with Gasteiger partial charge < -0.3 is 9.73 Å². The van der Waals surface area contributed by atoms with Gasteiger partial charge in [0, 0.05) is 11.4 Å². The molecule has 152 valence electrons. The molecule has 0 aliphatic carbocycles. The normalized spacial score (nSPS) is 11.9. The van der Waals surface area contributed by atoms with Crippen LogP contribution in [0.5, 0.6) is 0 Å². The van der Waals surface area contributed by atoms with Crippen molar-refractivity contribution < 1.29 is 30.8 Å². The Labute approximate surface area is 163 Å². The van der Waals surface area contributed by atoms with Gasteiger partial charge in [0.1, 0.15) is 6.26 Å². The molecule has 29 heavy (non-hydrogen) atoms. The zero-order valence-corrected chi connectivity index (χ0v) is 15.6. The Morgan fingerprint density at radius 2 is 1.86 bits per heavy atom. The van der Waals surface area contributed by atoms with Crippen molar-refractivity contribution in [2.45, 2.75) is 18.0 Å². The zero-order chi connectivity index (χ0) is 21.2. The first-order valence-electron chi connectivity index (χ1n) is 8.06. The van der Waals surface area contributed by atoms with Crippen molar-refractivity contribution in [3.63, 3.8) is 0 Å². The Kier molecular flexibility index (Phi) is 5.33. The van der Waals surface area contributed by atoms with Crippen molar-refractivity contribution in [2.24, 2.45) is 0 Å². The van der Waals surface area contributed by atoms with Crippen LogP contribution >= 0.6 is 0 Å². The highest BCUT2D eigenvalue weighted by molar-refractivity contribution is 7.92. The van der Waals surface area contributed by atoms with E-state index in [4.69, 9.17) is 4.42 Å². The molecule has 2 N–H and O–H groups in total. The van der Waals surface area contributed by atoms with Gasteiger partial charge in [-0.1, -0.05) is 6.07 Å². The number of halogens is 3. The first-order chi connectivity index (χ1) is 13.6. The van der Waals surface area contributed by atoms with Gasteiger partial charge >= 0.3 is 6.18 Å². The summed E-state index contributed by atoms with van der Waals surface area (Å²) in [5.74, 6) is -0.546. The van der Waals surface area contributed by atoms with Gasteiger partial charge in [-0.15, -0.1) is 0 Å². The fourth-order valence-electron chi connectivity index (χ4n) is 2.52. The third kappa shape index (κ3) is 4.74. The number of carbonyl (C=O) groups is 1. The molecule has 1 heterocycles. The minimum absolute atomic E-state index is 0.0468. The molecule has 3 rings (SSSR count). The number of aromatic nitrogens is 1. The number of carbonyl (C=O) groups excluding carboxylic acids is 1. The van der Waals surface area contributed by atoms with Crippen molar-refractivity contribution >= 4 is 27.3 Å². The summed E-state index contributed by atoms with van der Waals surface area (Å²) in [7, 11) is -4.15. The molecule has 0 aliphatic heterocycles. The van der Waals surface area contributed by atoms with E-state index < -0.39 is 27.7 Å². The van der Waals surface area contributed by atoms with Crippen LogP contribution in [0.25, 0.3) is 0 Å². The van der Waals surface area contributed by atoms with Crippen LogP contribution in [0.3, 0.4) is 0 Å². The quantitative estimate of drug-likeness (QED) is 0.642. The molecule has 7 nitrogen and oxygen atoms in total. The van der Waals surface area contributed by atoms with E-state index in [0.717, 1.165) is 24.8 Å². The van der Waals surface area contributed by atoms with Gasteiger partial charge in [-0.25, -0.2) is 13.4 Å². The molecule has 3 aromatic rings. The number of amides is 1. The summed E-state index contributed by atoms with van der Waals surface area (Å²) in [6.07, 6.45) is -2.35. The molecule has 0 fully saturated rings. The summed E-state index contributed by atoms with van der Waals surface area (Å²) in [6.45, 7) is 1.49. The molecule has 0 atom stereocenters. The second kappa shape index (κ2) is 7.59. The number of aryl methyl sites for hydroxylation is 1. The first kappa shape index (κ1) is 20.4. The number of nitrogens with one attached hydrogen (secondary N) is 2. The molecular formula is C18H14F3N3O4S. The fourth-order valence-corrected chi connectivity index (χ4v) is 3.79. The van der Waals surface area contributed by atoms with Gasteiger partial charge in [0.25, 0.3) is 15.9 Å².